The van der Waals surface area contributed by atoms with Crippen LogP contribution >= 0.6 is 0 Å². The van der Waals surface area contributed by atoms with Gasteiger partial charge in [0.15, 0.2) is 5.82 Å². The zero-order valence-electron chi connectivity index (χ0n) is 13.8. The summed E-state index contributed by atoms with van der Waals surface area (Å²) in [5.74, 6) is 1.12. The molecule has 0 atom stereocenters. The Labute approximate surface area is 140 Å². The first-order valence-corrected chi connectivity index (χ1v) is 7.99. The minimum absolute atomic E-state index is 0.499. The Kier molecular flexibility index (Phi) is 5.00. The van der Waals surface area contributed by atoms with Crippen LogP contribution in [0.25, 0.3) is 11.5 Å². The van der Waals surface area contributed by atoms with Crippen molar-refractivity contribution >= 4 is 5.95 Å². The van der Waals surface area contributed by atoms with Crippen molar-refractivity contribution in [1.29, 1.82) is 0 Å². The molecule has 0 aliphatic rings. The van der Waals surface area contributed by atoms with E-state index < -0.39 is 0 Å². The number of hydrogen-bond donors (Lipinski definition) is 1. The van der Waals surface area contributed by atoms with Gasteiger partial charge in [0.25, 0.3) is 0 Å². The third-order valence-electron chi connectivity index (χ3n) is 3.54. The number of nitrogens with one attached hydrogen (secondary N) is 1. The van der Waals surface area contributed by atoms with Crippen molar-refractivity contribution in [3.8, 4) is 11.5 Å². The van der Waals surface area contributed by atoms with Gasteiger partial charge in [-0.15, -0.1) is 5.10 Å². The normalized spacial score (nSPS) is 10.6. The van der Waals surface area contributed by atoms with E-state index in [1.165, 1.54) is 0 Å². The summed E-state index contributed by atoms with van der Waals surface area (Å²) in [7, 11) is 0. The van der Waals surface area contributed by atoms with Crippen LogP contribution in [-0.2, 0) is 19.4 Å². The molecule has 3 aromatic heterocycles. The van der Waals surface area contributed by atoms with E-state index in [2.05, 4.69) is 49.3 Å². The van der Waals surface area contributed by atoms with Crippen molar-refractivity contribution in [3.05, 3.63) is 53.7 Å². The molecule has 0 amide bonds. The van der Waals surface area contributed by atoms with Gasteiger partial charge in [0, 0.05) is 12.4 Å². The van der Waals surface area contributed by atoms with Gasteiger partial charge in [-0.2, -0.15) is 5.10 Å². The van der Waals surface area contributed by atoms with E-state index in [-0.39, 0.29) is 0 Å². The number of nitrogens with zero attached hydrogens (tertiary/aromatic N) is 6. The van der Waals surface area contributed by atoms with Crippen molar-refractivity contribution in [2.75, 3.05) is 5.32 Å². The highest BCUT2D eigenvalue weighted by atomic mass is 15.2. The number of hydrogen-bond acceptors (Lipinski definition) is 7. The van der Waals surface area contributed by atoms with Crippen molar-refractivity contribution in [3.63, 3.8) is 0 Å². The molecule has 1 N–H and O–H groups in total. The highest BCUT2D eigenvalue weighted by Crippen LogP contribution is 2.12. The summed E-state index contributed by atoms with van der Waals surface area (Å²) in [5.41, 5.74) is 3.51. The molecule has 122 valence electrons. The van der Waals surface area contributed by atoms with Crippen molar-refractivity contribution in [2.45, 2.75) is 33.2 Å². The molecule has 7 nitrogen and oxygen atoms in total. The molecule has 0 radical (unpaired) electrons. The van der Waals surface area contributed by atoms with Gasteiger partial charge in [-0.1, -0.05) is 19.9 Å². The maximum Gasteiger partial charge on any atom is 0.243 e. The minimum atomic E-state index is 0.499. The fourth-order valence-electron chi connectivity index (χ4n) is 2.30. The van der Waals surface area contributed by atoms with Gasteiger partial charge in [0.1, 0.15) is 5.69 Å². The third-order valence-corrected chi connectivity index (χ3v) is 3.54. The predicted octanol–water partition coefficient (Wildman–Crippen LogP) is 2.46. The molecule has 24 heavy (non-hydrogen) atoms. The Morgan fingerprint density at radius 1 is 0.875 bits per heavy atom. The van der Waals surface area contributed by atoms with E-state index >= 15 is 0 Å². The lowest BCUT2D eigenvalue weighted by molar-refractivity contribution is 0.817. The molecule has 0 aromatic carbocycles. The van der Waals surface area contributed by atoms with Gasteiger partial charge < -0.3 is 5.32 Å². The van der Waals surface area contributed by atoms with Crippen LogP contribution in [0, 0.1) is 0 Å². The minimum Gasteiger partial charge on any atom is -0.347 e. The lowest BCUT2D eigenvalue weighted by Crippen LogP contribution is -2.10. The maximum atomic E-state index is 4.52. The summed E-state index contributed by atoms with van der Waals surface area (Å²) < 4.78 is 0. The van der Waals surface area contributed by atoms with Gasteiger partial charge >= 0.3 is 0 Å². The molecule has 0 bridgehead atoms. The van der Waals surface area contributed by atoms with E-state index in [9.17, 15) is 0 Å². The second-order valence-electron chi connectivity index (χ2n) is 5.18. The number of aryl methyl sites for hydroxylation is 2. The summed E-state index contributed by atoms with van der Waals surface area (Å²) in [5, 5.41) is 11.5. The highest BCUT2D eigenvalue weighted by molar-refractivity contribution is 5.48. The van der Waals surface area contributed by atoms with E-state index in [0.717, 1.165) is 35.6 Å². The first-order chi connectivity index (χ1) is 11.8. The summed E-state index contributed by atoms with van der Waals surface area (Å²) in [4.78, 5) is 17.6. The van der Waals surface area contributed by atoms with Crippen LogP contribution in [0.2, 0.25) is 0 Å². The molecule has 0 spiro atoms. The van der Waals surface area contributed by atoms with Crippen LogP contribution in [0.3, 0.4) is 0 Å². The molecule has 7 heteroatoms. The van der Waals surface area contributed by atoms with E-state index in [1.807, 2.05) is 24.3 Å². The quantitative estimate of drug-likeness (QED) is 0.746. The molecule has 3 heterocycles. The van der Waals surface area contributed by atoms with Gasteiger partial charge in [-0.05, 0) is 31.0 Å². The lowest BCUT2D eigenvalue weighted by Gasteiger charge is -2.08. The molecule has 3 rings (SSSR count). The fraction of sp³-hybridized carbons (Fsp3) is 0.294. The van der Waals surface area contributed by atoms with Crippen molar-refractivity contribution in [2.24, 2.45) is 0 Å². The number of anilines is 1. The standard InChI is InChI=1S/C17H19N7/c1-3-13-14(4-2)23-24-17(22-13)20-11-12-8-10-19-16(21-12)15-7-5-6-9-18-15/h5-10H,3-4,11H2,1-2H3,(H,20,22,24). The van der Waals surface area contributed by atoms with Gasteiger partial charge in [-0.25, -0.2) is 15.0 Å². The molecular weight excluding hydrogens is 302 g/mol. The largest absolute Gasteiger partial charge is 0.347 e. The highest BCUT2D eigenvalue weighted by Gasteiger charge is 2.07. The lowest BCUT2D eigenvalue weighted by atomic mass is 10.2. The SMILES string of the molecule is CCc1nnc(NCc2ccnc(-c3ccccn3)n2)nc1CC. The number of aromatic nitrogens is 6. The van der Waals surface area contributed by atoms with Crippen molar-refractivity contribution < 1.29 is 0 Å². The van der Waals surface area contributed by atoms with Gasteiger partial charge in [-0.3, -0.25) is 4.98 Å². The number of rotatable bonds is 6. The smallest absolute Gasteiger partial charge is 0.243 e. The first-order valence-electron chi connectivity index (χ1n) is 7.99. The second-order valence-corrected chi connectivity index (χ2v) is 5.18. The Hall–Kier alpha value is -2.96. The van der Waals surface area contributed by atoms with E-state index in [0.29, 0.717) is 18.3 Å². The molecule has 0 fully saturated rings. The molecule has 0 saturated carbocycles. The first kappa shape index (κ1) is 15.9. The predicted molar refractivity (Wildman–Crippen MR) is 91.2 cm³/mol. The van der Waals surface area contributed by atoms with Crippen LogP contribution in [0.15, 0.2) is 36.7 Å². The zero-order valence-corrected chi connectivity index (χ0v) is 13.8. The Bertz CT molecular complexity index is 805. The summed E-state index contributed by atoms with van der Waals surface area (Å²) in [6.45, 7) is 4.62. The van der Waals surface area contributed by atoms with Crippen LogP contribution in [-0.4, -0.2) is 30.1 Å². The van der Waals surface area contributed by atoms with Crippen LogP contribution in [0.5, 0.6) is 0 Å². The average molecular weight is 321 g/mol. The van der Waals surface area contributed by atoms with Crippen LogP contribution in [0.4, 0.5) is 5.95 Å². The van der Waals surface area contributed by atoms with Crippen LogP contribution in [0.1, 0.15) is 30.9 Å². The Balaban J connectivity index is 1.73. The molecule has 0 aliphatic carbocycles. The summed E-state index contributed by atoms with van der Waals surface area (Å²) >= 11 is 0. The average Bonchev–Trinajstić information content (AvgIpc) is 2.67. The Morgan fingerprint density at radius 3 is 2.50 bits per heavy atom. The fourth-order valence-corrected chi connectivity index (χ4v) is 2.30. The zero-order chi connectivity index (χ0) is 16.8. The second kappa shape index (κ2) is 7.54. The molecular formula is C17H19N7. The van der Waals surface area contributed by atoms with Gasteiger partial charge in [0.05, 0.1) is 23.6 Å². The third kappa shape index (κ3) is 3.68. The van der Waals surface area contributed by atoms with Crippen molar-refractivity contribution in [1.82, 2.24) is 30.1 Å². The monoisotopic (exact) mass is 321 g/mol. The molecule has 0 saturated heterocycles. The van der Waals surface area contributed by atoms with Gasteiger partial charge in [0.2, 0.25) is 5.95 Å². The summed E-state index contributed by atoms with van der Waals surface area (Å²) in [6, 6.07) is 7.52. The van der Waals surface area contributed by atoms with Crippen LogP contribution < -0.4 is 5.32 Å². The Morgan fingerprint density at radius 2 is 1.75 bits per heavy atom. The number of pyridine rings is 1. The van der Waals surface area contributed by atoms with E-state index in [4.69, 9.17) is 0 Å². The molecule has 0 aliphatic heterocycles. The molecule has 3 aromatic rings. The molecule has 0 unspecified atom stereocenters. The maximum absolute atomic E-state index is 4.52. The van der Waals surface area contributed by atoms with E-state index in [1.54, 1.807) is 12.4 Å². The summed E-state index contributed by atoms with van der Waals surface area (Å²) in [6.07, 6.45) is 5.13. The topological polar surface area (TPSA) is 89.4 Å².